The van der Waals surface area contributed by atoms with Crippen molar-refractivity contribution in [1.29, 1.82) is 0 Å². The highest BCUT2D eigenvalue weighted by atomic mass is 15.3. The molecule has 2 N–H and O–H groups in total. The minimum absolute atomic E-state index is 0.331. The zero-order chi connectivity index (χ0) is 24.9. The van der Waals surface area contributed by atoms with Gasteiger partial charge in [0.25, 0.3) is 0 Å². The molecule has 2 aromatic heterocycles. The van der Waals surface area contributed by atoms with Gasteiger partial charge in [-0.15, -0.1) is 0 Å². The van der Waals surface area contributed by atoms with Crippen LogP contribution in [0.15, 0.2) is 79.5 Å². The molecule has 2 aliphatic rings. The quantitative estimate of drug-likeness (QED) is 0.385. The summed E-state index contributed by atoms with van der Waals surface area (Å²) in [6, 6.07) is 22.1. The van der Waals surface area contributed by atoms with Gasteiger partial charge in [-0.05, 0) is 56.0 Å². The topological polar surface area (TPSA) is 83.8 Å². The second-order valence-corrected chi connectivity index (χ2v) is 10.1. The average molecular weight is 495 g/mol. The maximum Gasteiger partial charge on any atom is 0.223 e. The first kappa shape index (κ1) is 23.6. The smallest absolute Gasteiger partial charge is 0.223 e. The van der Waals surface area contributed by atoms with Crippen LogP contribution < -0.4 is 15.5 Å². The fourth-order valence-corrected chi connectivity index (χ4v) is 5.68. The Morgan fingerprint density at radius 1 is 0.811 bits per heavy atom. The maximum atomic E-state index is 4.83. The second kappa shape index (κ2) is 11.1. The van der Waals surface area contributed by atoms with Crippen LogP contribution in [-0.4, -0.2) is 55.9 Å². The SMILES string of the molecule is c1ccc(-c2ccnc(NC3CCCCC3NC3CCCN(c4ccc(-n5cncn5)cc4)C3)n2)cc1. The summed E-state index contributed by atoms with van der Waals surface area (Å²) in [5.74, 6) is 0.720. The van der Waals surface area contributed by atoms with Gasteiger partial charge >= 0.3 is 0 Å². The lowest BCUT2D eigenvalue weighted by molar-refractivity contribution is 0.293. The van der Waals surface area contributed by atoms with Crippen molar-refractivity contribution in [2.45, 2.75) is 56.7 Å². The molecule has 37 heavy (non-hydrogen) atoms. The third kappa shape index (κ3) is 5.64. The molecule has 8 nitrogen and oxygen atoms in total. The van der Waals surface area contributed by atoms with Gasteiger partial charge in [0.05, 0.1) is 11.4 Å². The number of piperidine rings is 1. The fraction of sp³-hybridized carbons (Fsp3) is 0.379. The average Bonchev–Trinajstić information content (AvgIpc) is 3.50. The second-order valence-electron chi connectivity index (χ2n) is 10.1. The van der Waals surface area contributed by atoms with E-state index in [0.717, 1.165) is 42.4 Å². The zero-order valence-electron chi connectivity index (χ0n) is 21.1. The van der Waals surface area contributed by atoms with E-state index >= 15 is 0 Å². The van der Waals surface area contributed by atoms with Crippen LogP contribution in [0.5, 0.6) is 0 Å². The van der Waals surface area contributed by atoms with Crippen LogP contribution in [0.25, 0.3) is 16.9 Å². The van der Waals surface area contributed by atoms with Crippen molar-refractivity contribution < 1.29 is 0 Å². The fourth-order valence-electron chi connectivity index (χ4n) is 5.68. The summed E-state index contributed by atoms with van der Waals surface area (Å²) in [4.78, 5) is 15.9. The molecule has 1 saturated carbocycles. The number of rotatable bonds is 7. The van der Waals surface area contributed by atoms with Gasteiger partial charge in [-0.25, -0.2) is 19.6 Å². The minimum atomic E-state index is 0.331. The Morgan fingerprint density at radius 3 is 2.43 bits per heavy atom. The van der Waals surface area contributed by atoms with Crippen molar-refractivity contribution in [3.63, 3.8) is 0 Å². The molecule has 0 radical (unpaired) electrons. The highest BCUT2D eigenvalue weighted by molar-refractivity contribution is 5.59. The summed E-state index contributed by atoms with van der Waals surface area (Å²) in [6.07, 6.45) is 12.4. The van der Waals surface area contributed by atoms with Crippen molar-refractivity contribution in [2.24, 2.45) is 0 Å². The monoisotopic (exact) mass is 494 g/mol. The van der Waals surface area contributed by atoms with E-state index in [2.05, 4.69) is 67.0 Å². The molecule has 190 valence electrons. The number of hydrogen-bond acceptors (Lipinski definition) is 7. The Bertz CT molecular complexity index is 1260. The van der Waals surface area contributed by atoms with Gasteiger partial charge in [0.1, 0.15) is 12.7 Å². The molecule has 1 saturated heterocycles. The van der Waals surface area contributed by atoms with Crippen molar-refractivity contribution in [3.05, 3.63) is 79.5 Å². The van der Waals surface area contributed by atoms with E-state index in [1.807, 2.05) is 30.5 Å². The number of nitrogens with one attached hydrogen (secondary N) is 2. The molecule has 4 aromatic rings. The first-order valence-corrected chi connectivity index (χ1v) is 13.4. The summed E-state index contributed by atoms with van der Waals surface area (Å²) < 4.78 is 1.79. The summed E-state index contributed by atoms with van der Waals surface area (Å²) >= 11 is 0. The van der Waals surface area contributed by atoms with Crippen LogP contribution in [0.1, 0.15) is 38.5 Å². The van der Waals surface area contributed by atoms with E-state index in [9.17, 15) is 0 Å². The van der Waals surface area contributed by atoms with E-state index in [1.54, 1.807) is 17.3 Å². The molecule has 2 aromatic carbocycles. The molecular weight excluding hydrogens is 460 g/mol. The summed E-state index contributed by atoms with van der Waals surface area (Å²) in [5.41, 5.74) is 4.36. The van der Waals surface area contributed by atoms with Gasteiger partial charge in [-0.3, -0.25) is 0 Å². The van der Waals surface area contributed by atoms with E-state index in [4.69, 9.17) is 4.98 Å². The lowest BCUT2D eigenvalue weighted by Crippen LogP contribution is -2.55. The zero-order valence-corrected chi connectivity index (χ0v) is 21.1. The van der Waals surface area contributed by atoms with E-state index in [1.165, 1.54) is 37.8 Å². The predicted molar refractivity (Wildman–Crippen MR) is 147 cm³/mol. The van der Waals surface area contributed by atoms with Crippen molar-refractivity contribution in [2.75, 3.05) is 23.3 Å². The van der Waals surface area contributed by atoms with Gasteiger partial charge in [-0.2, -0.15) is 5.10 Å². The lowest BCUT2D eigenvalue weighted by Gasteiger charge is -2.40. The number of aromatic nitrogens is 5. The van der Waals surface area contributed by atoms with Crippen LogP contribution >= 0.6 is 0 Å². The summed E-state index contributed by atoms with van der Waals surface area (Å²) in [5, 5.41) is 11.9. The molecule has 2 fully saturated rings. The lowest BCUT2D eigenvalue weighted by atomic mass is 9.89. The van der Waals surface area contributed by atoms with E-state index in [-0.39, 0.29) is 0 Å². The predicted octanol–water partition coefficient (Wildman–Crippen LogP) is 4.71. The first-order valence-electron chi connectivity index (χ1n) is 13.4. The number of anilines is 2. The summed E-state index contributed by atoms with van der Waals surface area (Å²) in [6.45, 7) is 2.11. The highest BCUT2D eigenvalue weighted by Gasteiger charge is 2.29. The van der Waals surface area contributed by atoms with Gasteiger partial charge in [0.2, 0.25) is 5.95 Å². The number of hydrogen-bond donors (Lipinski definition) is 2. The van der Waals surface area contributed by atoms with Crippen LogP contribution in [0, 0.1) is 0 Å². The molecule has 3 atom stereocenters. The van der Waals surface area contributed by atoms with E-state index in [0.29, 0.717) is 18.1 Å². The molecule has 1 aliphatic heterocycles. The molecule has 6 rings (SSSR count). The number of nitrogens with zero attached hydrogens (tertiary/aromatic N) is 6. The van der Waals surface area contributed by atoms with Crippen LogP contribution in [-0.2, 0) is 0 Å². The van der Waals surface area contributed by atoms with Crippen LogP contribution in [0.3, 0.4) is 0 Å². The molecule has 1 aliphatic carbocycles. The molecule has 8 heteroatoms. The third-order valence-electron chi connectivity index (χ3n) is 7.57. The first-order chi connectivity index (χ1) is 18.3. The maximum absolute atomic E-state index is 4.83. The van der Waals surface area contributed by atoms with Gasteiger partial charge < -0.3 is 15.5 Å². The molecule has 3 heterocycles. The molecule has 0 spiro atoms. The minimum Gasteiger partial charge on any atom is -0.370 e. The Labute approximate surface area is 218 Å². The third-order valence-corrected chi connectivity index (χ3v) is 7.57. The standard InChI is InChI=1S/C29H34N8/c1-2-7-22(8-3-1)26-16-17-31-29(34-26)35-28-11-5-4-10-27(28)33-23-9-6-18-36(19-23)24-12-14-25(15-13-24)37-21-30-20-32-37/h1-3,7-8,12-17,20-21,23,27-28,33H,4-6,9-11,18-19H2,(H,31,34,35). The summed E-state index contributed by atoms with van der Waals surface area (Å²) in [7, 11) is 0. The van der Waals surface area contributed by atoms with Crippen LogP contribution in [0.2, 0.25) is 0 Å². The Kier molecular flexibility index (Phi) is 7.07. The van der Waals surface area contributed by atoms with Crippen molar-refractivity contribution >= 4 is 11.6 Å². The van der Waals surface area contributed by atoms with Gasteiger partial charge in [-0.1, -0.05) is 43.2 Å². The van der Waals surface area contributed by atoms with E-state index < -0.39 is 0 Å². The van der Waals surface area contributed by atoms with Gasteiger partial charge in [0.15, 0.2) is 0 Å². The molecule has 0 bridgehead atoms. The Morgan fingerprint density at radius 2 is 1.62 bits per heavy atom. The normalized spacial score (nSPS) is 22.1. The van der Waals surface area contributed by atoms with Gasteiger partial charge in [0, 0.05) is 48.7 Å². The molecule has 3 unspecified atom stereocenters. The van der Waals surface area contributed by atoms with Crippen LogP contribution in [0.4, 0.5) is 11.6 Å². The largest absolute Gasteiger partial charge is 0.370 e. The van der Waals surface area contributed by atoms with Crippen molar-refractivity contribution in [3.8, 4) is 16.9 Å². The van der Waals surface area contributed by atoms with Crippen molar-refractivity contribution in [1.82, 2.24) is 30.0 Å². The number of benzene rings is 2. The highest BCUT2D eigenvalue weighted by Crippen LogP contribution is 2.26. The Hall–Kier alpha value is -3.78. The molecular formula is C29H34N8. The molecule has 0 amide bonds. The Balaban J connectivity index is 1.10.